The van der Waals surface area contributed by atoms with Gasteiger partial charge in [-0.2, -0.15) is 0 Å². The van der Waals surface area contributed by atoms with E-state index in [0.717, 1.165) is 10.0 Å². The Balaban J connectivity index is 2.15. The molecule has 15 heavy (non-hydrogen) atoms. The number of rotatable bonds is 2. The Morgan fingerprint density at radius 2 is 0.933 bits per heavy atom. The monoisotopic (exact) mass is 431 g/mol. The van der Waals surface area contributed by atoms with Gasteiger partial charge in [-0.15, -0.1) is 0 Å². The Morgan fingerprint density at radius 3 is 1.27 bits per heavy atom. The zero-order valence-corrected chi connectivity index (χ0v) is 12.8. The molecule has 0 unspecified atom stereocenters. The molecule has 0 aliphatic carbocycles. The van der Waals surface area contributed by atoms with Gasteiger partial charge in [0.05, 0.1) is 0 Å². The second kappa shape index (κ2) is 5.30. The molecule has 0 saturated heterocycles. The molecule has 0 atom stereocenters. The SMILES string of the molecule is Clc1cc[c]([Bi+][c]2ccc(Cl)cc2)cc1. The van der Waals surface area contributed by atoms with Crippen LogP contribution in [0.1, 0.15) is 0 Å². The van der Waals surface area contributed by atoms with Gasteiger partial charge in [0.25, 0.3) is 0 Å². The summed E-state index contributed by atoms with van der Waals surface area (Å²) in [5.41, 5.74) is 0. The fourth-order valence-electron chi connectivity index (χ4n) is 1.18. The van der Waals surface area contributed by atoms with Gasteiger partial charge in [-0.25, -0.2) is 0 Å². The molecular formula is C12H8BiCl2+. The average molecular weight is 432 g/mol. The van der Waals surface area contributed by atoms with Crippen molar-refractivity contribution in [2.75, 3.05) is 0 Å². The van der Waals surface area contributed by atoms with Gasteiger partial charge in [-0.05, 0) is 0 Å². The van der Waals surface area contributed by atoms with Crippen LogP contribution in [0.25, 0.3) is 0 Å². The maximum atomic E-state index is 5.84. The van der Waals surface area contributed by atoms with Crippen LogP contribution in [-0.4, -0.2) is 23.2 Å². The van der Waals surface area contributed by atoms with Gasteiger partial charge in [-0.1, -0.05) is 0 Å². The maximum absolute atomic E-state index is 5.84. The van der Waals surface area contributed by atoms with Crippen LogP contribution < -0.4 is 6.54 Å². The predicted molar refractivity (Wildman–Crippen MR) is 67.9 cm³/mol. The fourth-order valence-corrected chi connectivity index (χ4v) is 4.91. The van der Waals surface area contributed by atoms with E-state index in [9.17, 15) is 0 Å². The van der Waals surface area contributed by atoms with E-state index in [1.165, 1.54) is 6.54 Å². The molecule has 0 spiro atoms. The number of hydrogen-bond acceptors (Lipinski definition) is 0. The van der Waals surface area contributed by atoms with Crippen LogP contribution in [0.5, 0.6) is 0 Å². The van der Waals surface area contributed by atoms with Crippen LogP contribution in [0.3, 0.4) is 0 Å². The van der Waals surface area contributed by atoms with Gasteiger partial charge < -0.3 is 0 Å². The zero-order valence-electron chi connectivity index (χ0n) is 7.82. The van der Waals surface area contributed by atoms with Crippen molar-refractivity contribution in [2.24, 2.45) is 0 Å². The van der Waals surface area contributed by atoms with E-state index in [2.05, 4.69) is 24.3 Å². The van der Waals surface area contributed by atoms with Crippen LogP contribution >= 0.6 is 23.2 Å². The van der Waals surface area contributed by atoms with E-state index >= 15 is 0 Å². The number of halogens is 2. The zero-order chi connectivity index (χ0) is 10.7. The number of hydrogen-bond donors (Lipinski definition) is 0. The van der Waals surface area contributed by atoms with Gasteiger partial charge >= 0.3 is 112 Å². The Hall–Kier alpha value is -0.0969. The van der Waals surface area contributed by atoms with Crippen LogP contribution in [0.2, 0.25) is 10.0 Å². The van der Waals surface area contributed by atoms with E-state index in [-0.39, 0.29) is 0 Å². The topological polar surface area (TPSA) is 0 Å². The van der Waals surface area contributed by atoms with Gasteiger partial charge in [0.1, 0.15) is 0 Å². The molecule has 0 fully saturated rings. The van der Waals surface area contributed by atoms with Crippen LogP contribution in [0.4, 0.5) is 0 Å². The molecule has 0 aliphatic rings. The van der Waals surface area contributed by atoms with E-state index in [4.69, 9.17) is 23.2 Å². The van der Waals surface area contributed by atoms with E-state index in [1.807, 2.05) is 24.3 Å². The summed E-state index contributed by atoms with van der Waals surface area (Å²) in [6.45, 7) is 0. The molecule has 2 aromatic rings. The van der Waals surface area contributed by atoms with E-state index in [0.29, 0.717) is 0 Å². The second-order valence-electron chi connectivity index (χ2n) is 3.06. The second-order valence-corrected chi connectivity index (χ2v) is 8.82. The Labute approximate surface area is 111 Å². The molecule has 0 aromatic heterocycles. The first-order chi connectivity index (χ1) is 7.24. The van der Waals surface area contributed by atoms with Crippen molar-refractivity contribution >= 4 is 53.0 Å². The summed E-state index contributed by atoms with van der Waals surface area (Å²) < 4.78 is 2.86. The summed E-state index contributed by atoms with van der Waals surface area (Å²) >= 11 is 10.9. The molecule has 0 N–H and O–H groups in total. The van der Waals surface area contributed by atoms with Crippen molar-refractivity contribution in [1.82, 2.24) is 0 Å². The van der Waals surface area contributed by atoms with Crippen molar-refractivity contribution in [3.8, 4) is 0 Å². The first-order valence-corrected chi connectivity index (χ1v) is 8.70. The predicted octanol–water partition coefficient (Wildman–Crippen LogP) is 2.65. The summed E-state index contributed by atoms with van der Waals surface area (Å²) in [6.07, 6.45) is 0. The number of benzene rings is 2. The van der Waals surface area contributed by atoms with Gasteiger partial charge in [-0.3, -0.25) is 0 Å². The summed E-state index contributed by atoms with van der Waals surface area (Å²) in [5, 5.41) is 1.60. The van der Waals surface area contributed by atoms with E-state index in [1.54, 1.807) is 0 Å². The first-order valence-electron chi connectivity index (χ1n) is 4.47. The van der Waals surface area contributed by atoms with E-state index < -0.39 is 23.2 Å². The molecule has 0 saturated carbocycles. The van der Waals surface area contributed by atoms with Crippen molar-refractivity contribution in [3.05, 3.63) is 58.6 Å². The molecule has 0 amide bonds. The minimum atomic E-state index is -0.772. The summed E-state index contributed by atoms with van der Waals surface area (Å²) in [5.74, 6) is 0. The molecule has 3 heteroatoms. The van der Waals surface area contributed by atoms with Crippen molar-refractivity contribution in [2.45, 2.75) is 0 Å². The minimum absolute atomic E-state index is 0.772. The normalized spacial score (nSPS) is 10.3. The quantitative estimate of drug-likeness (QED) is 0.641. The third-order valence-corrected chi connectivity index (χ3v) is 6.74. The fraction of sp³-hybridized carbons (Fsp3) is 0. The van der Waals surface area contributed by atoms with Crippen molar-refractivity contribution in [1.29, 1.82) is 0 Å². The van der Waals surface area contributed by atoms with Crippen LogP contribution in [0, 0.1) is 0 Å². The van der Waals surface area contributed by atoms with Gasteiger partial charge in [0.15, 0.2) is 0 Å². The van der Waals surface area contributed by atoms with Gasteiger partial charge in [0, 0.05) is 0 Å². The standard InChI is InChI=1S/2C6H4Cl.Bi/c2*7-6-4-2-1-3-5-6;/h2*2-5H;/q;;+1. The summed E-state index contributed by atoms with van der Waals surface area (Å²) in [4.78, 5) is 0. The molecule has 74 valence electrons. The van der Waals surface area contributed by atoms with Crippen molar-refractivity contribution in [3.63, 3.8) is 0 Å². The molecule has 0 bridgehead atoms. The average Bonchev–Trinajstić information content (AvgIpc) is 2.25. The molecule has 0 nitrogen and oxygen atoms in total. The Kier molecular flexibility index (Phi) is 4.02. The third kappa shape index (κ3) is 3.45. The van der Waals surface area contributed by atoms with Crippen LogP contribution in [-0.2, 0) is 0 Å². The first kappa shape index (κ1) is 11.4. The van der Waals surface area contributed by atoms with Gasteiger partial charge in [0.2, 0.25) is 0 Å². The summed E-state index contributed by atoms with van der Waals surface area (Å²) in [6, 6.07) is 16.3. The van der Waals surface area contributed by atoms with Crippen LogP contribution in [0.15, 0.2) is 48.5 Å². The Morgan fingerprint density at radius 1 is 0.600 bits per heavy atom. The third-order valence-electron chi connectivity index (χ3n) is 1.91. The molecule has 0 aliphatic heterocycles. The molecule has 2 radical (unpaired) electrons. The summed E-state index contributed by atoms with van der Waals surface area (Å²) in [7, 11) is 0. The molecule has 2 rings (SSSR count). The molecule has 2 aromatic carbocycles. The van der Waals surface area contributed by atoms with Crippen molar-refractivity contribution < 1.29 is 0 Å². The Bertz CT molecular complexity index is 391. The molecular weight excluding hydrogens is 424 g/mol. The molecule has 0 heterocycles.